The minimum Gasteiger partial charge on any atom is -0.389 e. The van der Waals surface area contributed by atoms with Crippen LogP contribution in [0.1, 0.15) is 37.5 Å². The summed E-state index contributed by atoms with van der Waals surface area (Å²) in [4.78, 5) is 2.07. The Morgan fingerprint density at radius 1 is 1.50 bits per heavy atom. The van der Waals surface area contributed by atoms with Gasteiger partial charge in [-0.1, -0.05) is 13.0 Å². The molecular weight excluding hydrogens is 200 g/mol. The highest BCUT2D eigenvalue weighted by Gasteiger charge is 2.11. The Hall–Kier alpha value is -1.53. The Bertz CT molecular complexity index is 393. The molecule has 0 heterocycles. The molecule has 3 heteroatoms. The smallest absolute Gasteiger partial charge is 0.0992 e. The molecule has 1 atom stereocenters. The van der Waals surface area contributed by atoms with Crippen LogP contribution in [0.25, 0.3) is 0 Å². The second-order valence-electron chi connectivity index (χ2n) is 3.98. The molecule has 1 aromatic carbocycles. The van der Waals surface area contributed by atoms with Gasteiger partial charge in [0.25, 0.3) is 0 Å². The number of rotatable bonds is 4. The fourth-order valence-electron chi connectivity index (χ4n) is 1.75. The first kappa shape index (κ1) is 12.5. The number of hydrogen-bond acceptors (Lipinski definition) is 3. The van der Waals surface area contributed by atoms with Crippen molar-refractivity contribution >= 4 is 5.69 Å². The number of hydrogen-bond donors (Lipinski definition) is 1. The molecule has 0 aromatic heterocycles. The van der Waals surface area contributed by atoms with Crippen LogP contribution in [0.2, 0.25) is 0 Å². The van der Waals surface area contributed by atoms with Gasteiger partial charge in [0.05, 0.1) is 17.7 Å². The standard InChI is InChI=1S/C13H18N2O/c1-4-7-15(3)13-8-11(9-14)5-6-12(13)10(2)16/h5-6,8,10,16H,4,7H2,1-3H3. The highest BCUT2D eigenvalue weighted by atomic mass is 16.3. The molecule has 1 aromatic rings. The van der Waals surface area contributed by atoms with Gasteiger partial charge in [-0.05, 0) is 25.5 Å². The number of aliphatic hydroxyl groups is 1. The van der Waals surface area contributed by atoms with Gasteiger partial charge in [0.2, 0.25) is 0 Å². The molecule has 0 spiro atoms. The largest absolute Gasteiger partial charge is 0.389 e. The first-order chi connectivity index (χ1) is 7.60. The summed E-state index contributed by atoms with van der Waals surface area (Å²) in [5.41, 5.74) is 2.44. The maximum absolute atomic E-state index is 9.68. The van der Waals surface area contributed by atoms with E-state index >= 15 is 0 Å². The van der Waals surface area contributed by atoms with Crippen molar-refractivity contribution in [2.24, 2.45) is 0 Å². The van der Waals surface area contributed by atoms with Crippen LogP contribution in [0.5, 0.6) is 0 Å². The normalized spacial score (nSPS) is 11.9. The molecule has 0 saturated carbocycles. The zero-order chi connectivity index (χ0) is 12.1. The second kappa shape index (κ2) is 5.53. The van der Waals surface area contributed by atoms with Crippen LogP contribution in [-0.4, -0.2) is 18.7 Å². The van der Waals surface area contributed by atoms with Gasteiger partial charge in [-0.3, -0.25) is 0 Å². The molecule has 1 rings (SSSR count). The monoisotopic (exact) mass is 218 g/mol. The van der Waals surface area contributed by atoms with Crippen molar-refractivity contribution < 1.29 is 5.11 Å². The number of anilines is 1. The Labute approximate surface area is 96.9 Å². The summed E-state index contributed by atoms with van der Waals surface area (Å²) < 4.78 is 0. The van der Waals surface area contributed by atoms with Gasteiger partial charge in [-0.2, -0.15) is 5.26 Å². The molecule has 0 amide bonds. The SMILES string of the molecule is CCCN(C)c1cc(C#N)ccc1C(C)O. The zero-order valence-electron chi connectivity index (χ0n) is 10.1. The first-order valence-corrected chi connectivity index (χ1v) is 5.53. The number of benzene rings is 1. The number of nitrogens with zero attached hydrogens (tertiary/aromatic N) is 2. The molecule has 1 unspecified atom stereocenters. The van der Waals surface area contributed by atoms with Gasteiger partial charge in [0, 0.05) is 24.8 Å². The van der Waals surface area contributed by atoms with E-state index in [-0.39, 0.29) is 0 Å². The third-order valence-corrected chi connectivity index (χ3v) is 2.58. The van der Waals surface area contributed by atoms with E-state index in [4.69, 9.17) is 5.26 Å². The summed E-state index contributed by atoms with van der Waals surface area (Å²) in [6.07, 6.45) is 0.522. The summed E-state index contributed by atoms with van der Waals surface area (Å²) in [5.74, 6) is 0. The molecule has 0 aliphatic heterocycles. The van der Waals surface area contributed by atoms with Crippen molar-refractivity contribution in [2.45, 2.75) is 26.4 Å². The summed E-state index contributed by atoms with van der Waals surface area (Å²) in [5, 5.41) is 18.5. The topological polar surface area (TPSA) is 47.3 Å². The Morgan fingerprint density at radius 3 is 2.69 bits per heavy atom. The van der Waals surface area contributed by atoms with Crippen LogP contribution in [-0.2, 0) is 0 Å². The van der Waals surface area contributed by atoms with Gasteiger partial charge < -0.3 is 10.0 Å². The third kappa shape index (κ3) is 2.74. The van der Waals surface area contributed by atoms with Crippen molar-refractivity contribution in [3.05, 3.63) is 29.3 Å². The van der Waals surface area contributed by atoms with E-state index in [2.05, 4.69) is 17.9 Å². The van der Waals surface area contributed by atoms with Crippen molar-refractivity contribution in [1.82, 2.24) is 0 Å². The predicted octanol–water partition coefficient (Wildman–Crippen LogP) is 2.46. The van der Waals surface area contributed by atoms with Crippen LogP contribution in [0.15, 0.2) is 18.2 Å². The minimum absolute atomic E-state index is 0.512. The lowest BCUT2D eigenvalue weighted by atomic mass is 10.0. The zero-order valence-corrected chi connectivity index (χ0v) is 10.1. The van der Waals surface area contributed by atoms with Crippen molar-refractivity contribution in [2.75, 3.05) is 18.5 Å². The van der Waals surface area contributed by atoms with Crippen LogP contribution in [0.3, 0.4) is 0 Å². The lowest BCUT2D eigenvalue weighted by Gasteiger charge is -2.23. The molecule has 0 aliphatic carbocycles. The first-order valence-electron chi connectivity index (χ1n) is 5.53. The Balaban J connectivity index is 3.15. The lowest BCUT2D eigenvalue weighted by Crippen LogP contribution is -2.20. The molecule has 0 radical (unpaired) electrons. The highest BCUT2D eigenvalue weighted by Crippen LogP contribution is 2.26. The summed E-state index contributed by atoms with van der Waals surface area (Å²) in [6.45, 7) is 4.76. The van der Waals surface area contributed by atoms with E-state index in [9.17, 15) is 5.11 Å². The molecule has 0 aliphatic rings. The van der Waals surface area contributed by atoms with Gasteiger partial charge in [0.15, 0.2) is 0 Å². The second-order valence-corrected chi connectivity index (χ2v) is 3.98. The maximum Gasteiger partial charge on any atom is 0.0992 e. The lowest BCUT2D eigenvalue weighted by molar-refractivity contribution is 0.199. The fraction of sp³-hybridized carbons (Fsp3) is 0.462. The number of aliphatic hydroxyl groups excluding tert-OH is 1. The molecule has 0 fully saturated rings. The van der Waals surface area contributed by atoms with Gasteiger partial charge in [-0.25, -0.2) is 0 Å². The van der Waals surface area contributed by atoms with Crippen LogP contribution in [0, 0.1) is 11.3 Å². The van der Waals surface area contributed by atoms with Gasteiger partial charge in [0.1, 0.15) is 0 Å². The van der Waals surface area contributed by atoms with E-state index in [0.717, 1.165) is 24.2 Å². The van der Waals surface area contributed by atoms with Crippen molar-refractivity contribution in [3.63, 3.8) is 0 Å². The van der Waals surface area contributed by atoms with Gasteiger partial charge in [-0.15, -0.1) is 0 Å². The molecule has 0 saturated heterocycles. The molecule has 0 bridgehead atoms. The van der Waals surface area contributed by atoms with Gasteiger partial charge >= 0.3 is 0 Å². The average Bonchev–Trinajstić information content (AvgIpc) is 2.28. The molecule has 16 heavy (non-hydrogen) atoms. The summed E-state index contributed by atoms with van der Waals surface area (Å²) >= 11 is 0. The van der Waals surface area contributed by atoms with E-state index in [1.165, 1.54) is 0 Å². The summed E-state index contributed by atoms with van der Waals surface area (Å²) in [6, 6.07) is 7.52. The number of nitriles is 1. The van der Waals surface area contributed by atoms with Crippen LogP contribution in [0.4, 0.5) is 5.69 Å². The van der Waals surface area contributed by atoms with E-state index in [0.29, 0.717) is 5.56 Å². The van der Waals surface area contributed by atoms with E-state index < -0.39 is 6.10 Å². The average molecular weight is 218 g/mol. The molecular formula is C13H18N2O. The molecule has 86 valence electrons. The molecule has 3 nitrogen and oxygen atoms in total. The van der Waals surface area contributed by atoms with Crippen molar-refractivity contribution in [3.8, 4) is 6.07 Å². The highest BCUT2D eigenvalue weighted by molar-refractivity contribution is 5.58. The minimum atomic E-state index is -0.512. The quantitative estimate of drug-likeness (QED) is 0.844. The maximum atomic E-state index is 9.68. The third-order valence-electron chi connectivity index (χ3n) is 2.58. The van der Waals surface area contributed by atoms with Crippen LogP contribution < -0.4 is 4.90 Å². The summed E-state index contributed by atoms with van der Waals surface area (Å²) in [7, 11) is 1.98. The van der Waals surface area contributed by atoms with Crippen molar-refractivity contribution in [1.29, 1.82) is 5.26 Å². The Kier molecular flexibility index (Phi) is 4.33. The van der Waals surface area contributed by atoms with Crippen LogP contribution >= 0.6 is 0 Å². The van der Waals surface area contributed by atoms with E-state index in [1.807, 2.05) is 19.2 Å². The Morgan fingerprint density at radius 2 is 2.19 bits per heavy atom. The predicted molar refractivity (Wildman–Crippen MR) is 65.4 cm³/mol. The fourth-order valence-corrected chi connectivity index (χ4v) is 1.75. The van der Waals surface area contributed by atoms with E-state index in [1.54, 1.807) is 13.0 Å². The molecule has 1 N–H and O–H groups in total.